The zero-order valence-corrected chi connectivity index (χ0v) is 22.3. The van der Waals surface area contributed by atoms with Crippen molar-refractivity contribution in [3.05, 3.63) is 86.7 Å². The lowest BCUT2D eigenvalue weighted by molar-refractivity contribution is -0.384. The minimum absolute atomic E-state index is 0.0776. The zero-order chi connectivity index (χ0) is 28.1. The van der Waals surface area contributed by atoms with Crippen molar-refractivity contribution < 1.29 is 33.5 Å². The molecule has 39 heavy (non-hydrogen) atoms. The van der Waals surface area contributed by atoms with Crippen LogP contribution in [-0.2, 0) is 19.1 Å². The van der Waals surface area contributed by atoms with Gasteiger partial charge in [-0.15, -0.1) is 0 Å². The van der Waals surface area contributed by atoms with Crippen molar-refractivity contribution in [2.75, 3.05) is 40.5 Å². The number of likely N-dealkylation sites (N-methyl/N-ethyl adjacent to an activating group) is 1. The number of benzene rings is 2. The summed E-state index contributed by atoms with van der Waals surface area (Å²) in [7, 11) is 3.13. The maximum absolute atomic E-state index is 13.4. The molecule has 0 saturated heterocycles. The third kappa shape index (κ3) is 6.20. The number of carbonyl (C=O) groups excluding carboxylic acids is 2. The highest BCUT2D eigenvalue weighted by molar-refractivity contribution is 5.99. The molecule has 11 heteroatoms. The van der Waals surface area contributed by atoms with Gasteiger partial charge in [-0.25, -0.2) is 9.59 Å². The molecule has 4 rings (SSSR count). The predicted molar refractivity (Wildman–Crippen MR) is 141 cm³/mol. The number of nitro benzene ring substituents is 1. The lowest BCUT2D eigenvalue weighted by Gasteiger charge is -2.31. The summed E-state index contributed by atoms with van der Waals surface area (Å²) in [5.74, 6) is -0.784. The van der Waals surface area contributed by atoms with E-state index in [1.165, 1.54) is 25.3 Å². The van der Waals surface area contributed by atoms with Gasteiger partial charge in [-0.3, -0.25) is 15.0 Å². The molecule has 0 bridgehead atoms. The summed E-state index contributed by atoms with van der Waals surface area (Å²) in [6, 6.07) is 13.3. The van der Waals surface area contributed by atoms with E-state index in [2.05, 4.69) is 5.32 Å². The molecule has 2 aliphatic heterocycles. The second kappa shape index (κ2) is 12.0. The number of rotatable bonds is 9. The van der Waals surface area contributed by atoms with Crippen LogP contribution in [0.3, 0.4) is 0 Å². The van der Waals surface area contributed by atoms with Crippen LogP contribution >= 0.6 is 0 Å². The number of carbonyl (C=O) groups is 2. The number of para-hydroxylation sites is 2. The molecule has 2 aliphatic rings. The molecule has 11 nitrogen and oxygen atoms in total. The summed E-state index contributed by atoms with van der Waals surface area (Å²) in [6.45, 7) is 4.85. The molecule has 2 aromatic rings. The topological polar surface area (TPSA) is 129 Å². The van der Waals surface area contributed by atoms with Crippen molar-refractivity contribution in [2.45, 2.75) is 25.9 Å². The van der Waals surface area contributed by atoms with Crippen molar-refractivity contribution in [1.82, 2.24) is 10.2 Å². The minimum Gasteiger partial charge on any atom is -0.486 e. The quantitative estimate of drug-likeness (QED) is 0.289. The number of nitrogens with zero attached hydrogens (tertiary/aromatic N) is 2. The van der Waals surface area contributed by atoms with Gasteiger partial charge in [-0.05, 0) is 38.6 Å². The molecular weight excluding hydrogens is 506 g/mol. The highest BCUT2D eigenvalue weighted by Gasteiger charge is 2.38. The van der Waals surface area contributed by atoms with Crippen molar-refractivity contribution in [3.63, 3.8) is 0 Å². The maximum Gasteiger partial charge on any atom is 0.336 e. The minimum atomic E-state index is -0.906. The molecule has 0 aliphatic carbocycles. The normalized spacial score (nSPS) is 18.5. The second-order valence-electron chi connectivity index (χ2n) is 9.37. The number of fused-ring (bicyclic) bond motifs is 1. The lowest BCUT2D eigenvalue weighted by Crippen LogP contribution is -2.40. The average molecular weight is 538 g/mol. The first-order valence-corrected chi connectivity index (χ1v) is 12.4. The predicted octanol–water partition coefficient (Wildman–Crippen LogP) is 3.32. The smallest absolute Gasteiger partial charge is 0.336 e. The van der Waals surface area contributed by atoms with Gasteiger partial charge in [0.2, 0.25) is 0 Å². The maximum atomic E-state index is 13.4. The van der Waals surface area contributed by atoms with Gasteiger partial charge in [0, 0.05) is 36.6 Å². The van der Waals surface area contributed by atoms with Gasteiger partial charge in [-0.2, -0.15) is 0 Å². The molecule has 0 saturated carbocycles. The van der Waals surface area contributed by atoms with E-state index in [1.54, 1.807) is 19.9 Å². The van der Waals surface area contributed by atoms with E-state index in [0.717, 1.165) is 0 Å². The average Bonchev–Trinajstić information content (AvgIpc) is 2.92. The number of nitro groups is 1. The Labute approximate surface area is 226 Å². The standard InChI is InChI=1S/C28H31N3O8/c1-17-24(27(32)36-4)26(19-8-7-9-20(14-19)31(34)35)25(18(2)29-17)28(33)37-13-12-30(3)15-21-16-38-22-10-5-6-11-23(22)39-21/h5-11,14,21,26,29H,12-13,15-16H2,1-4H3/t21-,26+/m1/s1. The van der Waals surface area contributed by atoms with Crippen LogP contribution in [0.25, 0.3) is 0 Å². The fourth-order valence-corrected chi connectivity index (χ4v) is 4.76. The van der Waals surface area contributed by atoms with E-state index in [4.69, 9.17) is 18.9 Å². The number of dihydropyridines is 1. The van der Waals surface area contributed by atoms with Gasteiger partial charge in [0.05, 0.1) is 29.1 Å². The summed E-state index contributed by atoms with van der Waals surface area (Å²) in [5.41, 5.74) is 1.59. The second-order valence-corrected chi connectivity index (χ2v) is 9.37. The van der Waals surface area contributed by atoms with Crippen LogP contribution in [0.1, 0.15) is 25.3 Å². The highest BCUT2D eigenvalue weighted by Crippen LogP contribution is 2.40. The van der Waals surface area contributed by atoms with E-state index in [9.17, 15) is 19.7 Å². The summed E-state index contributed by atoms with van der Waals surface area (Å²) in [4.78, 5) is 39.0. The van der Waals surface area contributed by atoms with Crippen molar-refractivity contribution >= 4 is 17.6 Å². The molecule has 0 fully saturated rings. The van der Waals surface area contributed by atoms with Crippen molar-refractivity contribution in [3.8, 4) is 11.5 Å². The molecule has 0 radical (unpaired) electrons. The van der Waals surface area contributed by atoms with Gasteiger partial charge >= 0.3 is 11.9 Å². The van der Waals surface area contributed by atoms with E-state index in [1.807, 2.05) is 36.2 Å². The highest BCUT2D eigenvalue weighted by atomic mass is 16.6. The van der Waals surface area contributed by atoms with Gasteiger partial charge in [0.1, 0.15) is 19.3 Å². The Bertz CT molecular complexity index is 1340. The van der Waals surface area contributed by atoms with Crippen molar-refractivity contribution in [2.24, 2.45) is 0 Å². The van der Waals surface area contributed by atoms with Crippen LogP contribution in [0.2, 0.25) is 0 Å². The van der Waals surface area contributed by atoms with E-state index < -0.39 is 22.8 Å². The Kier molecular flexibility index (Phi) is 8.50. The van der Waals surface area contributed by atoms with E-state index in [0.29, 0.717) is 48.2 Å². The largest absolute Gasteiger partial charge is 0.486 e. The molecule has 0 spiro atoms. The molecule has 2 atom stereocenters. The molecular formula is C28H31N3O8. The van der Waals surface area contributed by atoms with Crippen LogP contribution < -0.4 is 14.8 Å². The third-order valence-electron chi connectivity index (χ3n) is 6.59. The number of esters is 2. The number of non-ortho nitro benzene ring substituents is 1. The Morgan fingerprint density at radius 1 is 1.08 bits per heavy atom. The molecule has 0 aromatic heterocycles. The molecule has 2 heterocycles. The van der Waals surface area contributed by atoms with Gasteiger partial charge in [0.25, 0.3) is 5.69 Å². The number of hydrogen-bond acceptors (Lipinski definition) is 10. The summed E-state index contributed by atoms with van der Waals surface area (Å²) in [6.07, 6.45) is -0.179. The first kappa shape index (κ1) is 27.6. The molecule has 0 unspecified atom stereocenters. The molecule has 2 aromatic carbocycles. The first-order chi connectivity index (χ1) is 18.7. The lowest BCUT2D eigenvalue weighted by atomic mass is 9.80. The van der Waals surface area contributed by atoms with Crippen LogP contribution in [0, 0.1) is 10.1 Å². The van der Waals surface area contributed by atoms with Crippen molar-refractivity contribution in [1.29, 1.82) is 0 Å². The van der Waals surface area contributed by atoms with Crippen LogP contribution in [0.15, 0.2) is 71.1 Å². The number of nitrogens with one attached hydrogen (secondary N) is 1. The van der Waals surface area contributed by atoms with Crippen LogP contribution in [0.4, 0.5) is 5.69 Å². The fourth-order valence-electron chi connectivity index (χ4n) is 4.76. The van der Waals surface area contributed by atoms with Gasteiger partial charge in [0.15, 0.2) is 11.5 Å². The van der Waals surface area contributed by atoms with Gasteiger partial charge in [-0.1, -0.05) is 24.3 Å². The van der Waals surface area contributed by atoms with E-state index >= 15 is 0 Å². The number of hydrogen-bond donors (Lipinski definition) is 1. The SMILES string of the molecule is COC(=O)C1=C(C)NC(C)=C(C(=O)OCCN(C)C[C@@H]2COc3ccccc3O2)[C@H]1c1cccc([N+](=O)[O-])c1. The van der Waals surface area contributed by atoms with Gasteiger partial charge < -0.3 is 24.3 Å². The van der Waals surface area contributed by atoms with Crippen LogP contribution in [-0.4, -0.2) is 68.3 Å². The van der Waals surface area contributed by atoms with Crippen LogP contribution in [0.5, 0.6) is 11.5 Å². The summed E-state index contributed by atoms with van der Waals surface area (Å²) < 4.78 is 22.4. The molecule has 0 amide bonds. The molecule has 206 valence electrons. The first-order valence-electron chi connectivity index (χ1n) is 12.4. The molecule has 1 N–H and O–H groups in total. The summed E-state index contributed by atoms with van der Waals surface area (Å²) >= 11 is 0. The monoisotopic (exact) mass is 537 g/mol. The Hall–Kier alpha value is -4.38. The number of ether oxygens (including phenoxy) is 4. The number of methoxy groups -OCH3 is 1. The van der Waals surface area contributed by atoms with E-state index in [-0.39, 0.29) is 29.5 Å². The zero-order valence-electron chi connectivity index (χ0n) is 22.3. The number of allylic oxidation sites excluding steroid dienone is 2. The Morgan fingerprint density at radius 3 is 2.46 bits per heavy atom. The Morgan fingerprint density at radius 2 is 1.77 bits per heavy atom. The fraction of sp³-hybridized carbons (Fsp3) is 0.357. The summed E-state index contributed by atoms with van der Waals surface area (Å²) in [5, 5.41) is 14.5. The Balaban J connectivity index is 1.46. The third-order valence-corrected chi connectivity index (χ3v) is 6.59.